The van der Waals surface area contributed by atoms with Crippen LogP contribution in [0.2, 0.25) is 0 Å². The molecule has 0 saturated carbocycles. The van der Waals surface area contributed by atoms with Gasteiger partial charge in [-0.1, -0.05) is 19.6 Å². The highest BCUT2D eigenvalue weighted by atomic mass is 16.2. The van der Waals surface area contributed by atoms with Crippen molar-refractivity contribution < 1.29 is 14.4 Å². The van der Waals surface area contributed by atoms with E-state index >= 15 is 0 Å². The maximum absolute atomic E-state index is 11.9. The van der Waals surface area contributed by atoms with Gasteiger partial charge in [0.05, 0.1) is 6.04 Å². The standard InChI is InChI=1S/C13H17NO3/c1-3-10(15)8-9(2)13(17)11-6-4-5-7-12(16)14-11/h3,11H,1-2,4-8H2,(H,14,16). The Balaban J connectivity index is 2.61. The molecule has 1 N–H and O–H groups in total. The molecule has 0 aromatic carbocycles. The highest BCUT2D eigenvalue weighted by Gasteiger charge is 2.25. The Bertz CT molecular complexity index is 371. The van der Waals surface area contributed by atoms with Crippen molar-refractivity contribution in [2.45, 2.75) is 38.1 Å². The van der Waals surface area contributed by atoms with Crippen molar-refractivity contribution in [3.8, 4) is 0 Å². The molecule has 0 aliphatic carbocycles. The van der Waals surface area contributed by atoms with Crippen LogP contribution in [0.5, 0.6) is 0 Å². The van der Waals surface area contributed by atoms with E-state index in [4.69, 9.17) is 0 Å². The van der Waals surface area contributed by atoms with Crippen molar-refractivity contribution in [3.05, 3.63) is 24.8 Å². The van der Waals surface area contributed by atoms with Crippen LogP contribution in [0.15, 0.2) is 24.8 Å². The zero-order chi connectivity index (χ0) is 12.8. The van der Waals surface area contributed by atoms with Gasteiger partial charge in [0, 0.05) is 12.8 Å². The molecule has 17 heavy (non-hydrogen) atoms. The number of rotatable bonds is 5. The van der Waals surface area contributed by atoms with Gasteiger partial charge in [0.1, 0.15) is 0 Å². The summed E-state index contributed by atoms with van der Waals surface area (Å²) in [6.07, 6.45) is 3.86. The molecule has 0 spiro atoms. The first-order chi connectivity index (χ1) is 8.04. The number of Topliss-reactive ketones (excluding diaryl/α,β-unsaturated/α-hetero) is 1. The third kappa shape index (κ3) is 3.98. The van der Waals surface area contributed by atoms with Crippen LogP contribution in [-0.4, -0.2) is 23.5 Å². The summed E-state index contributed by atoms with van der Waals surface area (Å²) < 4.78 is 0. The summed E-state index contributed by atoms with van der Waals surface area (Å²) in [5, 5.41) is 2.66. The van der Waals surface area contributed by atoms with Crippen LogP contribution in [0.3, 0.4) is 0 Å². The van der Waals surface area contributed by atoms with Gasteiger partial charge in [0.25, 0.3) is 0 Å². The Morgan fingerprint density at radius 1 is 1.41 bits per heavy atom. The summed E-state index contributed by atoms with van der Waals surface area (Å²) in [4.78, 5) is 34.4. The number of allylic oxidation sites excluding steroid dienone is 1. The topological polar surface area (TPSA) is 63.2 Å². The average Bonchev–Trinajstić information content (AvgIpc) is 2.52. The fraction of sp³-hybridized carbons (Fsp3) is 0.462. The molecule has 0 aromatic heterocycles. The van der Waals surface area contributed by atoms with E-state index in [-0.39, 0.29) is 29.5 Å². The van der Waals surface area contributed by atoms with E-state index in [9.17, 15) is 14.4 Å². The van der Waals surface area contributed by atoms with Crippen LogP contribution in [0.4, 0.5) is 0 Å². The third-order valence-corrected chi connectivity index (χ3v) is 2.76. The first-order valence-corrected chi connectivity index (χ1v) is 5.71. The van der Waals surface area contributed by atoms with E-state index in [1.54, 1.807) is 0 Å². The smallest absolute Gasteiger partial charge is 0.220 e. The monoisotopic (exact) mass is 235 g/mol. The molecule has 4 nitrogen and oxygen atoms in total. The molecule has 1 aliphatic rings. The predicted molar refractivity (Wildman–Crippen MR) is 64.4 cm³/mol. The lowest BCUT2D eigenvalue weighted by Crippen LogP contribution is -2.40. The molecule has 0 radical (unpaired) electrons. The van der Waals surface area contributed by atoms with Crippen LogP contribution in [0.1, 0.15) is 32.1 Å². The second-order valence-electron chi connectivity index (χ2n) is 4.18. The zero-order valence-electron chi connectivity index (χ0n) is 9.83. The maximum Gasteiger partial charge on any atom is 0.220 e. The number of ketones is 2. The summed E-state index contributed by atoms with van der Waals surface area (Å²) in [6, 6.07) is -0.518. The maximum atomic E-state index is 11.9. The van der Waals surface area contributed by atoms with Crippen LogP contribution in [0.25, 0.3) is 0 Å². The minimum atomic E-state index is -0.518. The number of carbonyl (C=O) groups excluding carboxylic acids is 3. The number of amides is 1. The highest BCUT2D eigenvalue weighted by Crippen LogP contribution is 2.14. The van der Waals surface area contributed by atoms with Crippen molar-refractivity contribution >= 4 is 17.5 Å². The van der Waals surface area contributed by atoms with Crippen LogP contribution in [-0.2, 0) is 14.4 Å². The summed E-state index contributed by atoms with van der Waals surface area (Å²) in [5.74, 6) is -0.581. The van der Waals surface area contributed by atoms with Gasteiger partial charge in [-0.05, 0) is 24.5 Å². The van der Waals surface area contributed by atoms with Gasteiger partial charge >= 0.3 is 0 Å². The van der Waals surface area contributed by atoms with Crippen LogP contribution >= 0.6 is 0 Å². The first kappa shape index (κ1) is 13.4. The largest absolute Gasteiger partial charge is 0.346 e. The normalized spacial score (nSPS) is 20.0. The number of nitrogens with one attached hydrogen (secondary N) is 1. The van der Waals surface area contributed by atoms with Crippen molar-refractivity contribution in [1.82, 2.24) is 5.32 Å². The molecule has 4 heteroatoms. The van der Waals surface area contributed by atoms with Gasteiger partial charge in [-0.3, -0.25) is 14.4 Å². The number of carbonyl (C=O) groups is 3. The van der Waals surface area contributed by atoms with Gasteiger partial charge in [-0.15, -0.1) is 0 Å². The molecule has 1 fully saturated rings. The van der Waals surface area contributed by atoms with E-state index in [0.29, 0.717) is 12.8 Å². The Morgan fingerprint density at radius 2 is 2.12 bits per heavy atom. The fourth-order valence-electron chi connectivity index (χ4n) is 1.79. The van der Waals surface area contributed by atoms with E-state index in [0.717, 1.165) is 12.8 Å². The summed E-state index contributed by atoms with van der Waals surface area (Å²) in [6.45, 7) is 6.94. The molecule has 1 amide bonds. The van der Waals surface area contributed by atoms with Crippen molar-refractivity contribution in [2.24, 2.45) is 0 Å². The van der Waals surface area contributed by atoms with Gasteiger partial charge in [0.15, 0.2) is 11.6 Å². The van der Waals surface area contributed by atoms with Crippen LogP contribution < -0.4 is 5.32 Å². The number of hydrogen-bond donors (Lipinski definition) is 1. The minimum Gasteiger partial charge on any atom is -0.346 e. The first-order valence-electron chi connectivity index (χ1n) is 5.71. The molecule has 92 valence electrons. The van der Waals surface area contributed by atoms with Gasteiger partial charge < -0.3 is 5.32 Å². The zero-order valence-corrected chi connectivity index (χ0v) is 9.83. The molecule has 1 unspecified atom stereocenters. The molecule has 1 saturated heterocycles. The third-order valence-electron chi connectivity index (χ3n) is 2.76. The van der Waals surface area contributed by atoms with Gasteiger partial charge in [-0.25, -0.2) is 0 Å². The lowest BCUT2D eigenvalue weighted by molar-refractivity contribution is -0.125. The Morgan fingerprint density at radius 3 is 2.76 bits per heavy atom. The molecular formula is C13H17NO3. The number of hydrogen-bond acceptors (Lipinski definition) is 3. The molecule has 1 rings (SSSR count). The SMILES string of the molecule is C=CC(=O)CC(=C)C(=O)C1CCCCC(=O)N1. The van der Waals surface area contributed by atoms with Crippen LogP contribution in [0, 0.1) is 0 Å². The molecule has 1 aliphatic heterocycles. The molecule has 0 bridgehead atoms. The van der Waals surface area contributed by atoms with E-state index in [2.05, 4.69) is 18.5 Å². The lowest BCUT2D eigenvalue weighted by Gasteiger charge is -2.15. The lowest BCUT2D eigenvalue weighted by atomic mass is 9.98. The van der Waals surface area contributed by atoms with E-state index < -0.39 is 6.04 Å². The molecule has 1 heterocycles. The Labute approximate surface area is 101 Å². The summed E-state index contributed by atoms with van der Waals surface area (Å²) in [7, 11) is 0. The average molecular weight is 235 g/mol. The Kier molecular flexibility index (Phi) is 4.82. The second kappa shape index (κ2) is 6.13. The Hall–Kier alpha value is -1.71. The van der Waals surface area contributed by atoms with Crippen molar-refractivity contribution in [2.75, 3.05) is 0 Å². The van der Waals surface area contributed by atoms with Crippen molar-refractivity contribution in [3.63, 3.8) is 0 Å². The van der Waals surface area contributed by atoms with E-state index in [1.807, 2.05) is 0 Å². The molecular weight excluding hydrogens is 218 g/mol. The van der Waals surface area contributed by atoms with Crippen molar-refractivity contribution in [1.29, 1.82) is 0 Å². The molecule has 1 atom stereocenters. The van der Waals surface area contributed by atoms with Gasteiger partial charge in [0.2, 0.25) is 5.91 Å². The second-order valence-corrected chi connectivity index (χ2v) is 4.18. The van der Waals surface area contributed by atoms with Gasteiger partial charge in [-0.2, -0.15) is 0 Å². The summed E-state index contributed by atoms with van der Waals surface area (Å²) in [5.41, 5.74) is 0.238. The molecule has 0 aromatic rings. The highest BCUT2D eigenvalue weighted by molar-refractivity contribution is 6.06. The predicted octanol–water partition coefficient (Wildman–Crippen LogP) is 1.32. The minimum absolute atomic E-state index is 0.0191. The quantitative estimate of drug-likeness (QED) is 0.731. The summed E-state index contributed by atoms with van der Waals surface area (Å²) >= 11 is 0. The fourth-order valence-corrected chi connectivity index (χ4v) is 1.79. The van der Waals surface area contributed by atoms with E-state index in [1.165, 1.54) is 6.08 Å².